The smallest absolute Gasteiger partial charge is 0.308 e. The van der Waals surface area contributed by atoms with Crippen LogP contribution in [0.25, 0.3) is 0 Å². The van der Waals surface area contributed by atoms with Gasteiger partial charge >= 0.3 is 11.9 Å². The van der Waals surface area contributed by atoms with Crippen LogP contribution in [0.3, 0.4) is 0 Å². The summed E-state index contributed by atoms with van der Waals surface area (Å²) in [7, 11) is 1.38. The third-order valence-corrected chi connectivity index (χ3v) is 5.10. The zero-order chi connectivity index (χ0) is 27.5. The second-order valence-electron chi connectivity index (χ2n) is 7.78. The Morgan fingerprint density at radius 2 is 1.46 bits per heavy atom. The van der Waals surface area contributed by atoms with Crippen molar-refractivity contribution < 1.29 is 37.4 Å². The van der Waals surface area contributed by atoms with Crippen LogP contribution >= 0.6 is 0 Å². The van der Waals surface area contributed by atoms with Gasteiger partial charge in [-0.3, -0.25) is 14.4 Å². The predicted octanol–water partition coefficient (Wildman–Crippen LogP) is 4.55. The van der Waals surface area contributed by atoms with E-state index in [1.54, 1.807) is 38.1 Å². The van der Waals surface area contributed by atoms with Crippen molar-refractivity contribution in [1.29, 1.82) is 0 Å². The maximum absolute atomic E-state index is 13.1. The highest BCUT2D eigenvalue weighted by Crippen LogP contribution is 2.31. The third kappa shape index (κ3) is 8.38. The highest BCUT2D eigenvalue weighted by atomic mass is 19.1. The van der Waals surface area contributed by atoms with Crippen LogP contribution in [0.5, 0.6) is 11.5 Å². The number of esters is 2. The lowest BCUT2D eigenvalue weighted by Crippen LogP contribution is -2.23. The van der Waals surface area contributed by atoms with Crippen LogP contribution in [-0.2, 0) is 14.3 Å². The molecule has 1 heterocycles. The van der Waals surface area contributed by atoms with Gasteiger partial charge in [0, 0.05) is 31.5 Å². The van der Waals surface area contributed by atoms with Gasteiger partial charge in [-0.15, -0.1) is 0 Å². The van der Waals surface area contributed by atoms with Gasteiger partial charge in [-0.2, -0.15) is 0 Å². The average molecular weight is 515 g/mol. The topological polar surface area (TPSA) is 118 Å². The number of pyridine rings is 1. The van der Waals surface area contributed by atoms with E-state index in [1.807, 2.05) is 0 Å². The van der Waals surface area contributed by atoms with Crippen LogP contribution in [0, 0.1) is 11.6 Å². The number of carbonyl (C=O) groups is 3. The molecule has 2 N–H and O–H groups in total. The molecule has 8 nitrogen and oxygen atoms in total. The first-order valence-corrected chi connectivity index (χ1v) is 11.3. The molecule has 0 saturated carbocycles. The summed E-state index contributed by atoms with van der Waals surface area (Å²) in [5.74, 6) is -2.44. The quantitative estimate of drug-likeness (QED) is 0.438. The molecule has 1 atom stereocenters. The van der Waals surface area contributed by atoms with Crippen molar-refractivity contribution in [2.75, 3.05) is 7.11 Å². The molecule has 3 rings (SSSR count). The van der Waals surface area contributed by atoms with E-state index in [0.29, 0.717) is 0 Å². The maximum Gasteiger partial charge on any atom is 0.308 e. The Kier molecular flexibility index (Phi) is 10.7. The molecule has 2 aromatic carbocycles. The van der Waals surface area contributed by atoms with E-state index in [-0.39, 0.29) is 47.1 Å². The number of hydrogen-bond donors (Lipinski definition) is 1. The van der Waals surface area contributed by atoms with Gasteiger partial charge in [0.15, 0.2) is 11.4 Å². The Balaban J connectivity index is 0.000000281. The Morgan fingerprint density at radius 1 is 0.946 bits per heavy atom. The van der Waals surface area contributed by atoms with Gasteiger partial charge in [-0.1, -0.05) is 31.2 Å². The molecule has 0 saturated heterocycles. The molecule has 0 aliphatic rings. The number of benzene rings is 2. The van der Waals surface area contributed by atoms with E-state index >= 15 is 0 Å². The van der Waals surface area contributed by atoms with Gasteiger partial charge in [0.2, 0.25) is 5.75 Å². The van der Waals surface area contributed by atoms with Crippen LogP contribution in [0.15, 0.2) is 60.8 Å². The first-order chi connectivity index (χ1) is 17.6. The number of ether oxygens (including phenoxy) is 3. The number of hydrogen-bond acceptors (Lipinski definition) is 7. The minimum atomic E-state index is -0.787. The second-order valence-corrected chi connectivity index (χ2v) is 7.78. The lowest BCUT2D eigenvalue weighted by atomic mass is 9.87. The molecule has 1 unspecified atom stereocenters. The van der Waals surface area contributed by atoms with E-state index in [0.717, 1.165) is 11.1 Å². The number of amides is 1. The molecule has 0 radical (unpaired) electrons. The predicted molar refractivity (Wildman–Crippen MR) is 131 cm³/mol. The summed E-state index contributed by atoms with van der Waals surface area (Å²) in [6.45, 7) is 4.71. The van der Waals surface area contributed by atoms with Gasteiger partial charge < -0.3 is 19.9 Å². The van der Waals surface area contributed by atoms with Crippen molar-refractivity contribution in [1.82, 2.24) is 4.98 Å². The van der Waals surface area contributed by atoms with Crippen molar-refractivity contribution in [3.8, 4) is 11.5 Å². The molecule has 10 heteroatoms. The van der Waals surface area contributed by atoms with Crippen molar-refractivity contribution in [3.05, 3.63) is 89.2 Å². The van der Waals surface area contributed by atoms with E-state index in [9.17, 15) is 23.2 Å². The number of primary amides is 1. The molecule has 1 amide bonds. The molecule has 1 aromatic heterocycles. The van der Waals surface area contributed by atoms with E-state index in [1.165, 1.54) is 50.6 Å². The van der Waals surface area contributed by atoms with Gasteiger partial charge in [-0.25, -0.2) is 13.8 Å². The van der Waals surface area contributed by atoms with Crippen LogP contribution in [-0.4, -0.2) is 36.0 Å². The van der Waals surface area contributed by atoms with Crippen molar-refractivity contribution in [2.45, 2.75) is 39.2 Å². The molecule has 0 fully saturated rings. The molecule has 196 valence electrons. The van der Waals surface area contributed by atoms with Gasteiger partial charge in [-0.05, 0) is 42.3 Å². The van der Waals surface area contributed by atoms with Crippen molar-refractivity contribution in [2.24, 2.45) is 5.73 Å². The third-order valence-electron chi connectivity index (χ3n) is 5.10. The fourth-order valence-electron chi connectivity index (χ4n) is 3.44. The highest BCUT2D eigenvalue weighted by Gasteiger charge is 2.24. The average Bonchev–Trinajstić information content (AvgIpc) is 2.86. The number of aromatic nitrogens is 1. The molecule has 0 bridgehead atoms. The Hall–Kier alpha value is -4.34. The fraction of sp³-hybridized carbons (Fsp3) is 0.259. The van der Waals surface area contributed by atoms with E-state index in [2.05, 4.69) is 4.98 Å². The fourth-order valence-corrected chi connectivity index (χ4v) is 3.44. The summed E-state index contributed by atoms with van der Waals surface area (Å²) < 4.78 is 41.4. The summed E-state index contributed by atoms with van der Waals surface area (Å²) in [5.41, 5.74) is 6.55. The van der Waals surface area contributed by atoms with Crippen LogP contribution in [0.2, 0.25) is 0 Å². The standard InChI is InChI=1S/C18H18F2O2.C9H10N2O4/c1-3-17(21)22-12(2)18(13-4-8-15(19)9-5-13)14-6-10-16(20)11-7-14;1-5(12)15-8-6(14-2)3-4-11-7(8)9(10)13/h4-12,18H,3H2,1-2H3;3-4H,1-2H3,(H2,10,13). The van der Waals surface area contributed by atoms with Crippen molar-refractivity contribution >= 4 is 17.8 Å². The highest BCUT2D eigenvalue weighted by molar-refractivity contribution is 5.95. The number of nitrogens with zero attached hydrogens (tertiary/aromatic N) is 1. The molecule has 0 spiro atoms. The molecule has 37 heavy (non-hydrogen) atoms. The summed E-state index contributed by atoms with van der Waals surface area (Å²) in [4.78, 5) is 37.0. The SMILES string of the molecule is CCC(=O)OC(C)C(c1ccc(F)cc1)c1ccc(F)cc1.COc1ccnc(C(N)=O)c1OC(C)=O. The molecular formula is C27H28F2N2O6. The number of carbonyl (C=O) groups excluding carboxylic acids is 3. The minimum Gasteiger partial charge on any atom is -0.493 e. The molecular weight excluding hydrogens is 486 g/mol. The number of halogens is 2. The van der Waals surface area contributed by atoms with Crippen LogP contribution in [0.4, 0.5) is 8.78 Å². The second kappa shape index (κ2) is 13.7. The summed E-state index contributed by atoms with van der Waals surface area (Å²) in [6, 6.07) is 13.5. The Morgan fingerprint density at radius 3 is 1.86 bits per heavy atom. The lowest BCUT2D eigenvalue weighted by Gasteiger charge is -2.25. The zero-order valence-corrected chi connectivity index (χ0v) is 20.9. The number of methoxy groups -OCH3 is 1. The first kappa shape index (κ1) is 28.9. The normalized spacial score (nSPS) is 11.1. The lowest BCUT2D eigenvalue weighted by molar-refractivity contribution is -0.148. The number of nitrogens with two attached hydrogens (primary N) is 1. The monoisotopic (exact) mass is 514 g/mol. The molecule has 0 aliphatic carbocycles. The maximum atomic E-state index is 13.1. The van der Waals surface area contributed by atoms with E-state index < -0.39 is 18.0 Å². The first-order valence-electron chi connectivity index (χ1n) is 11.3. The van der Waals surface area contributed by atoms with Gasteiger partial charge in [0.05, 0.1) is 7.11 Å². The zero-order valence-electron chi connectivity index (χ0n) is 20.9. The summed E-state index contributed by atoms with van der Waals surface area (Å²) in [6.07, 6.45) is 1.18. The van der Waals surface area contributed by atoms with E-state index in [4.69, 9.17) is 19.9 Å². The van der Waals surface area contributed by atoms with Gasteiger partial charge in [0.1, 0.15) is 17.7 Å². The summed E-state index contributed by atoms with van der Waals surface area (Å²) >= 11 is 0. The largest absolute Gasteiger partial charge is 0.493 e. The van der Waals surface area contributed by atoms with Crippen molar-refractivity contribution in [3.63, 3.8) is 0 Å². The molecule has 0 aliphatic heterocycles. The van der Waals surface area contributed by atoms with Crippen LogP contribution in [0.1, 0.15) is 54.7 Å². The molecule has 3 aromatic rings. The summed E-state index contributed by atoms with van der Waals surface area (Å²) in [5, 5.41) is 0. The minimum absolute atomic E-state index is 0.0556. The number of rotatable bonds is 8. The van der Waals surface area contributed by atoms with Crippen LogP contribution < -0.4 is 15.2 Å². The van der Waals surface area contributed by atoms with Gasteiger partial charge in [0.25, 0.3) is 5.91 Å². The Bertz CT molecular complexity index is 1170. The Labute approximate surface area is 213 Å².